The van der Waals surface area contributed by atoms with Crippen molar-refractivity contribution in [3.05, 3.63) is 24.3 Å². The molecule has 0 aromatic heterocycles. The minimum Gasteiger partial charge on any atom is -0.481 e. The highest BCUT2D eigenvalue weighted by Crippen LogP contribution is 2.79. The Kier molecular flexibility index (Phi) is 12.0. The second kappa shape index (κ2) is 15.9. The van der Waals surface area contributed by atoms with Gasteiger partial charge in [0.15, 0.2) is 0 Å². The summed E-state index contributed by atoms with van der Waals surface area (Å²) in [5.41, 5.74) is 11.4. The zero-order valence-corrected chi connectivity index (χ0v) is 45.0. The topological polar surface area (TPSA) is 92.8 Å². The van der Waals surface area contributed by atoms with Gasteiger partial charge in [-0.05, 0) is 251 Å². The van der Waals surface area contributed by atoms with Crippen molar-refractivity contribution in [2.24, 2.45) is 120 Å². The predicted molar refractivity (Wildman–Crippen MR) is 271 cm³/mol. The molecule has 0 radical (unpaired) electrons. The number of fused-ring (bicyclic) bond motifs is 14. The summed E-state index contributed by atoms with van der Waals surface area (Å²) in [6.07, 6.45) is 24.3. The molecule has 0 amide bonds. The van der Waals surface area contributed by atoms with Gasteiger partial charge in [-0.25, -0.2) is 0 Å². The van der Waals surface area contributed by atoms with E-state index in [1.807, 2.05) is 0 Å². The van der Waals surface area contributed by atoms with Crippen molar-refractivity contribution < 1.29 is 19.7 Å². The van der Waals surface area contributed by atoms with E-state index in [1.165, 1.54) is 94.6 Å². The average Bonchev–Trinajstić information content (AvgIpc) is 3.83. The maximum absolute atomic E-state index is 12.8. The normalized spacial score (nSPS) is 55.1. The van der Waals surface area contributed by atoms with Crippen LogP contribution < -0.4 is 5.73 Å². The minimum absolute atomic E-state index is 0.116. The molecule has 0 aromatic rings. The molecule has 0 spiro atoms. The molecule has 0 saturated heterocycles. The van der Waals surface area contributed by atoms with Gasteiger partial charge >= 0.3 is 5.97 Å². The molecule has 4 N–H and O–H groups in total. The van der Waals surface area contributed by atoms with Gasteiger partial charge in [0.1, 0.15) is 6.79 Å². The fraction of sp³-hybridized carbons (Fsp3) is 0.918. The van der Waals surface area contributed by atoms with Crippen molar-refractivity contribution in [2.45, 2.75) is 230 Å². The highest BCUT2D eigenvalue weighted by molar-refractivity contribution is 5.76. The summed E-state index contributed by atoms with van der Waals surface area (Å²) in [7, 11) is 0. The predicted octanol–water partition coefficient (Wildman–Crippen LogP) is 15.1. The first-order valence-corrected chi connectivity index (χ1v) is 28.2. The Balaban J connectivity index is 0.000000166. The molecule has 15 unspecified atom stereocenters. The smallest absolute Gasteiger partial charge is 0.309 e. The molecular formula is C61H101NO4. The number of allylic oxidation sites excluding steroid dienone is 2. The van der Waals surface area contributed by atoms with Crippen molar-refractivity contribution in [1.82, 2.24) is 0 Å². The molecule has 0 bridgehead atoms. The standard InChI is InChI=1S/C31H52O2.C30H49NO2/c1-20(2)22-12-16-31(33-19-32)18-17-29(7)23(26(22)31)9-10-25-28(6)14-11-21(3)27(4,5)24(28)13-15-30(25,29)8;1-18(2)19-10-15-30(25(32)33)17-16-28(6)20(24(19)30)8-9-22-27(5)13-12-23(31)26(3,4)21(27)11-14-29(22,28)7/h21-26,32H,1,9-19H2,2-8H3;19-24H,1,8-17,31H2,2-7H3,(H,32,33)/t21-,22?,23?,24?,25?,26?,28-,29?,30+,31?;19?,20?,21?,22?,23?,24?,27-,28?,29+,30?/m00/s1. The van der Waals surface area contributed by atoms with Crippen LogP contribution >= 0.6 is 0 Å². The van der Waals surface area contributed by atoms with E-state index < -0.39 is 11.4 Å². The molecule has 374 valence electrons. The lowest BCUT2D eigenvalue weighted by Gasteiger charge is -2.73. The van der Waals surface area contributed by atoms with Crippen LogP contribution in [-0.2, 0) is 9.53 Å². The number of hydrogen-bond donors (Lipinski definition) is 3. The summed E-state index contributed by atoms with van der Waals surface area (Å²) < 4.78 is 6.30. The molecule has 5 nitrogen and oxygen atoms in total. The number of nitrogens with two attached hydrogens (primary N) is 1. The Hall–Kier alpha value is -1.17. The fourth-order valence-electron chi connectivity index (χ4n) is 23.2. The van der Waals surface area contributed by atoms with Crippen LogP contribution in [0.15, 0.2) is 24.3 Å². The van der Waals surface area contributed by atoms with E-state index in [-0.39, 0.29) is 34.6 Å². The van der Waals surface area contributed by atoms with Crippen LogP contribution in [0.1, 0.15) is 218 Å². The first kappa shape index (κ1) is 49.8. The third kappa shape index (κ3) is 6.33. The molecule has 10 aliphatic carbocycles. The van der Waals surface area contributed by atoms with Gasteiger partial charge in [0, 0.05) is 6.04 Å². The van der Waals surface area contributed by atoms with Crippen molar-refractivity contribution in [2.75, 3.05) is 6.79 Å². The Labute approximate surface area is 404 Å². The van der Waals surface area contributed by atoms with Gasteiger partial charge in [0.25, 0.3) is 0 Å². The second-order valence-corrected chi connectivity index (χ2v) is 29.4. The number of aliphatic hydroxyl groups is 1. The third-order valence-corrected chi connectivity index (χ3v) is 27.5. The summed E-state index contributed by atoms with van der Waals surface area (Å²) in [5.74, 6) is 6.38. The second-order valence-electron chi connectivity index (χ2n) is 29.4. The van der Waals surface area contributed by atoms with E-state index in [4.69, 9.17) is 10.5 Å². The van der Waals surface area contributed by atoms with Gasteiger partial charge in [-0.15, -0.1) is 0 Å². The first-order chi connectivity index (χ1) is 30.6. The number of hydrogen-bond acceptors (Lipinski definition) is 4. The van der Waals surface area contributed by atoms with E-state index in [2.05, 4.69) is 103 Å². The number of rotatable bonds is 5. The molecule has 0 heterocycles. The fourth-order valence-corrected chi connectivity index (χ4v) is 23.2. The van der Waals surface area contributed by atoms with Crippen LogP contribution in [0.4, 0.5) is 0 Å². The maximum atomic E-state index is 12.8. The van der Waals surface area contributed by atoms with Gasteiger partial charge < -0.3 is 20.7 Å². The average molecular weight is 912 g/mol. The van der Waals surface area contributed by atoms with E-state index >= 15 is 0 Å². The lowest BCUT2D eigenvalue weighted by Crippen LogP contribution is -2.67. The Bertz CT molecular complexity index is 1940. The van der Waals surface area contributed by atoms with Crippen molar-refractivity contribution >= 4 is 5.97 Å². The van der Waals surface area contributed by atoms with Crippen LogP contribution in [0.2, 0.25) is 0 Å². The number of carbonyl (C=O) groups is 1. The van der Waals surface area contributed by atoms with Crippen LogP contribution in [0.25, 0.3) is 0 Å². The number of aliphatic hydroxyl groups excluding tert-OH is 1. The monoisotopic (exact) mass is 912 g/mol. The van der Waals surface area contributed by atoms with Crippen LogP contribution in [0.5, 0.6) is 0 Å². The van der Waals surface area contributed by atoms with Gasteiger partial charge in [-0.2, -0.15) is 0 Å². The first-order valence-electron chi connectivity index (χ1n) is 28.2. The summed E-state index contributed by atoms with van der Waals surface area (Å²) in [4.78, 5) is 12.8. The highest BCUT2D eigenvalue weighted by atomic mass is 16.6. The Morgan fingerprint density at radius 2 is 1.03 bits per heavy atom. The number of carboxylic acid groups (broad SMARTS) is 1. The highest BCUT2D eigenvalue weighted by Gasteiger charge is 2.73. The van der Waals surface area contributed by atoms with Crippen molar-refractivity contribution in [1.29, 1.82) is 0 Å². The molecule has 66 heavy (non-hydrogen) atoms. The number of ether oxygens (including phenoxy) is 1. The summed E-state index contributed by atoms with van der Waals surface area (Å²) >= 11 is 0. The molecule has 0 aromatic carbocycles. The van der Waals surface area contributed by atoms with E-state index in [1.54, 1.807) is 0 Å². The molecule has 10 fully saturated rings. The lowest BCUT2D eigenvalue weighted by molar-refractivity contribution is -0.262. The quantitative estimate of drug-likeness (QED) is 0.189. The van der Waals surface area contributed by atoms with E-state index in [9.17, 15) is 15.0 Å². The Morgan fingerprint density at radius 1 is 0.545 bits per heavy atom. The molecule has 20 atom stereocenters. The number of aliphatic carboxylic acids is 1. The maximum Gasteiger partial charge on any atom is 0.309 e. The molecule has 10 rings (SSSR count). The zero-order valence-electron chi connectivity index (χ0n) is 45.0. The zero-order chi connectivity index (χ0) is 48.2. The molecule has 0 aliphatic heterocycles. The number of carboxylic acids is 1. The van der Waals surface area contributed by atoms with Gasteiger partial charge in [0.2, 0.25) is 0 Å². The molecule has 5 heteroatoms. The molecule has 10 aliphatic rings. The van der Waals surface area contributed by atoms with Crippen LogP contribution in [-0.4, -0.2) is 34.6 Å². The summed E-state index contributed by atoms with van der Waals surface area (Å²) in [6, 6.07) is 0.313. The van der Waals surface area contributed by atoms with Gasteiger partial charge in [0.05, 0.1) is 11.0 Å². The van der Waals surface area contributed by atoms with E-state index in [0.29, 0.717) is 68.6 Å². The molecular weight excluding hydrogens is 811 g/mol. The van der Waals surface area contributed by atoms with Gasteiger partial charge in [-0.1, -0.05) is 100 Å². The van der Waals surface area contributed by atoms with Crippen LogP contribution in [0, 0.1) is 114 Å². The Morgan fingerprint density at radius 3 is 1.56 bits per heavy atom. The van der Waals surface area contributed by atoms with Crippen molar-refractivity contribution in [3.8, 4) is 0 Å². The summed E-state index contributed by atoms with van der Waals surface area (Å²) in [6.45, 7) is 41.6. The van der Waals surface area contributed by atoms with Gasteiger partial charge in [-0.3, -0.25) is 4.79 Å². The largest absolute Gasteiger partial charge is 0.481 e. The van der Waals surface area contributed by atoms with Crippen LogP contribution in [0.3, 0.4) is 0 Å². The third-order valence-electron chi connectivity index (χ3n) is 27.5. The summed E-state index contributed by atoms with van der Waals surface area (Å²) in [5, 5.41) is 20.4. The SMILES string of the molecule is C=C(C)C1CCC2(C(=O)O)CCC3(C)C(CCC4[C@@]5(C)CCC(N)C(C)(C)C5CC[C@]43C)C12.C=C(C)C1CCC2(OCO)CCC3(C)C(CCC4[C@@]5(C)CC[C@H](C)C(C)(C)C5CC[C@]43C)C12. The van der Waals surface area contributed by atoms with E-state index in [0.717, 1.165) is 68.6 Å². The lowest BCUT2D eigenvalue weighted by atomic mass is 9.32. The minimum atomic E-state index is -0.524. The van der Waals surface area contributed by atoms with Crippen molar-refractivity contribution in [3.63, 3.8) is 0 Å². The molecule has 10 saturated carbocycles.